The molecule has 2 nitrogen and oxygen atoms in total. The predicted octanol–water partition coefficient (Wildman–Crippen LogP) is 4.15. The molecule has 0 amide bonds. The summed E-state index contributed by atoms with van der Waals surface area (Å²) in [5, 5.41) is 9.44. The molecule has 0 aromatic heterocycles. The molecule has 19 heavy (non-hydrogen) atoms. The first kappa shape index (κ1) is 14.1. The molecule has 0 spiro atoms. The van der Waals surface area contributed by atoms with Crippen LogP contribution in [0.25, 0.3) is 0 Å². The number of carboxylic acid groups (broad SMARTS) is 1. The highest BCUT2D eigenvalue weighted by Crippen LogP contribution is 2.55. The zero-order valence-corrected chi connectivity index (χ0v) is 12.5. The molecule has 1 aromatic carbocycles. The number of aliphatic carboxylic acids is 1. The number of hydrogen-bond donors (Lipinski definition) is 1. The van der Waals surface area contributed by atoms with Crippen molar-refractivity contribution in [1.82, 2.24) is 0 Å². The second kappa shape index (κ2) is 4.66. The van der Waals surface area contributed by atoms with Crippen LogP contribution < -0.4 is 0 Å². The highest BCUT2D eigenvalue weighted by molar-refractivity contribution is 5.72. The van der Waals surface area contributed by atoms with Gasteiger partial charge in [0.25, 0.3) is 0 Å². The molecule has 1 saturated carbocycles. The van der Waals surface area contributed by atoms with Gasteiger partial charge in [-0.3, -0.25) is 4.79 Å². The minimum absolute atomic E-state index is 0.145. The molecule has 1 aromatic rings. The van der Waals surface area contributed by atoms with Crippen molar-refractivity contribution in [3.05, 3.63) is 34.9 Å². The van der Waals surface area contributed by atoms with Crippen molar-refractivity contribution >= 4 is 5.97 Å². The van der Waals surface area contributed by atoms with Crippen molar-refractivity contribution in [3.63, 3.8) is 0 Å². The topological polar surface area (TPSA) is 37.3 Å². The Morgan fingerprint density at radius 2 is 1.95 bits per heavy atom. The predicted molar refractivity (Wildman–Crippen MR) is 77.3 cm³/mol. The lowest BCUT2D eigenvalue weighted by atomic mass is 9.74. The summed E-state index contributed by atoms with van der Waals surface area (Å²) in [6, 6.07) is 6.52. The van der Waals surface area contributed by atoms with Crippen molar-refractivity contribution in [2.24, 2.45) is 17.3 Å². The molecular weight excluding hydrogens is 236 g/mol. The lowest BCUT2D eigenvalue weighted by molar-refractivity contribution is -0.145. The van der Waals surface area contributed by atoms with E-state index in [1.165, 1.54) is 16.7 Å². The number of carbonyl (C=O) groups is 1. The highest BCUT2D eigenvalue weighted by atomic mass is 16.4. The number of rotatable bonds is 2. The van der Waals surface area contributed by atoms with E-state index < -0.39 is 5.97 Å². The van der Waals surface area contributed by atoms with Gasteiger partial charge in [-0.15, -0.1) is 0 Å². The van der Waals surface area contributed by atoms with Crippen molar-refractivity contribution in [2.75, 3.05) is 0 Å². The third-order valence-corrected chi connectivity index (χ3v) is 5.29. The van der Waals surface area contributed by atoms with Gasteiger partial charge in [0, 0.05) is 0 Å². The van der Waals surface area contributed by atoms with E-state index in [4.69, 9.17) is 0 Å². The zero-order valence-electron chi connectivity index (χ0n) is 12.5. The molecule has 0 aliphatic heterocycles. The van der Waals surface area contributed by atoms with Crippen LogP contribution in [-0.4, -0.2) is 11.1 Å². The Labute approximate surface area is 115 Å². The van der Waals surface area contributed by atoms with E-state index in [0.29, 0.717) is 11.8 Å². The Hall–Kier alpha value is -1.31. The monoisotopic (exact) mass is 260 g/mol. The molecule has 1 aliphatic rings. The van der Waals surface area contributed by atoms with E-state index in [1.54, 1.807) is 0 Å². The average Bonchev–Trinajstić information content (AvgIpc) is 2.52. The summed E-state index contributed by atoms with van der Waals surface area (Å²) in [6.07, 6.45) is 0.757. The lowest BCUT2D eigenvalue weighted by Gasteiger charge is -2.30. The number of hydrogen-bond acceptors (Lipinski definition) is 1. The highest BCUT2D eigenvalue weighted by Gasteiger charge is 2.50. The minimum Gasteiger partial charge on any atom is -0.481 e. The lowest BCUT2D eigenvalue weighted by Crippen LogP contribution is -2.29. The number of benzene rings is 1. The molecule has 2 rings (SSSR count). The quantitative estimate of drug-likeness (QED) is 0.867. The van der Waals surface area contributed by atoms with E-state index in [1.807, 2.05) is 0 Å². The van der Waals surface area contributed by atoms with Gasteiger partial charge in [0.05, 0.1) is 5.92 Å². The van der Waals surface area contributed by atoms with Crippen molar-refractivity contribution < 1.29 is 9.90 Å². The van der Waals surface area contributed by atoms with Gasteiger partial charge in [-0.05, 0) is 48.6 Å². The molecule has 1 fully saturated rings. The first-order valence-corrected chi connectivity index (χ1v) is 7.05. The normalized spacial score (nSPS) is 29.4. The van der Waals surface area contributed by atoms with Crippen molar-refractivity contribution in [2.45, 2.75) is 47.0 Å². The van der Waals surface area contributed by atoms with Gasteiger partial charge in [-0.1, -0.05) is 44.5 Å². The van der Waals surface area contributed by atoms with Gasteiger partial charge >= 0.3 is 5.97 Å². The van der Waals surface area contributed by atoms with E-state index >= 15 is 0 Å². The maximum Gasteiger partial charge on any atom is 0.307 e. The van der Waals surface area contributed by atoms with Crippen molar-refractivity contribution in [3.8, 4) is 0 Å². The molecule has 1 N–H and O–H groups in total. The molecular formula is C17H24O2. The van der Waals surface area contributed by atoms with Crippen LogP contribution in [0.4, 0.5) is 0 Å². The summed E-state index contributed by atoms with van der Waals surface area (Å²) in [5.74, 6) is -0.149. The van der Waals surface area contributed by atoms with Gasteiger partial charge < -0.3 is 5.11 Å². The van der Waals surface area contributed by atoms with Gasteiger partial charge in [0.2, 0.25) is 0 Å². The standard InChI is InChI=1S/C17H24O2/c1-10-6-7-13(11(2)8-10)14-9-15(16(18)19)17(4,5)12(14)3/h6-8,12,14-15H,9H2,1-5H3,(H,18,19)/t12-,14+,15+/m0/s1. The van der Waals surface area contributed by atoms with Crippen LogP contribution in [0.1, 0.15) is 49.8 Å². The maximum atomic E-state index is 11.5. The Balaban J connectivity index is 2.39. The van der Waals surface area contributed by atoms with E-state index in [9.17, 15) is 9.90 Å². The first-order chi connectivity index (χ1) is 8.75. The molecule has 104 valence electrons. The Morgan fingerprint density at radius 1 is 1.32 bits per heavy atom. The van der Waals surface area contributed by atoms with Crippen molar-refractivity contribution in [1.29, 1.82) is 0 Å². The molecule has 0 unspecified atom stereocenters. The summed E-state index contributed by atoms with van der Waals surface area (Å²) < 4.78 is 0. The minimum atomic E-state index is -0.649. The fraction of sp³-hybridized carbons (Fsp3) is 0.588. The average molecular weight is 260 g/mol. The van der Waals surface area contributed by atoms with Crippen LogP contribution in [0.5, 0.6) is 0 Å². The van der Waals surface area contributed by atoms with Crippen LogP contribution in [0.3, 0.4) is 0 Å². The molecule has 0 bridgehead atoms. The van der Waals surface area contributed by atoms with Crippen LogP contribution in [0.2, 0.25) is 0 Å². The second-order valence-corrected chi connectivity index (χ2v) is 6.70. The number of aryl methyl sites for hydroxylation is 2. The second-order valence-electron chi connectivity index (χ2n) is 6.70. The summed E-state index contributed by atoms with van der Waals surface area (Å²) in [6.45, 7) is 10.6. The van der Waals surface area contributed by atoms with Crippen LogP contribution >= 0.6 is 0 Å². The molecule has 0 radical (unpaired) electrons. The van der Waals surface area contributed by atoms with Crippen LogP contribution in [-0.2, 0) is 4.79 Å². The Kier molecular flexibility index (Phi) is 3.46. The largest absolute Gasteiger partial charge is 0.481 e. The van der Waals surface area contributed by atoms with Crippen LogP contribution in [0.15, 0.2) is 18.2 Å². The summed E-state index contributed by atoms with van der Waals surface area (Å²) >= 11 is 0. The van der Waals surface area contributed by atoms with Gasteiger partial charge in [0.1, 0.15) is 0 Å². The number of carboxylic acids is 1. The molecule has 2 heteroatoms. The van der Waals surface area contributed by atoms with E-state index in [-0.39, 0.29) is 11.3 Å². The summed E-state index contributed by atoms with van der Waals surface area (Å²) in [7, 11) is 0. The van der Waals surface area contributed by atoms with Gasteiger partial charge in [0.15, 0.2) is 0 Å². The first-order valence-electron chi connectivity index (χ1n) is 7.05. The maximum absolute atomic E-state index is 11.5. The third kappa shape index (κ3) is 2.29. The molecule has 3 atom stereocenters. The molecule has 1 aliphatic carbocycles. The van der Waals surface area contributed by atoms with Gasteiger partial charge in [-0.2, -0.15) is 0 Å². The Morgan fingerprint density at radius 3 is 2.42 bits per heavy atom. The fourth-order valence-corrected chi connectivity index (χ4v) is 3.65. The van der Waals surface area contributed by atoms with E-state index in [2.05, 4.69) is 52.8 Å². The van der Waals surface area contributed by atoms with Gasteiger partial charge in [-0.25, -0.2) is 0 Å². The summed E-state index contributed by atoms with van der Waals surface area (Å²) in [4.78, 5) is 11.5. The smallest absolute Gasteiger partial charge is 0.307 e. The molecule has 0 heterocycles. The SMILES string of the molecule is Cc1ccc([C@@H]2C[C@H](C(=O)O)C(C)(C)[C@H]2C)c(C)c1. The van der Waals surface area contributed by atoms with Crippen LogP contribution in [0, 0.1) is 31.1 Å². The summed E-state index contributed by atoms with van der Waals surface area (Å²) in [5.41, 5.74) is 3.74. The third-order valence-electron chi connectivity index (χ3n) is 5.29. The fourth-order valence-electron chi connectivity index (χ4n) is 3.65. The molecule has 0 saturated heterocycles. The zero-order chi connectivity index (χ0) is 14.4. The Bertz CT molecular complexity index is 502. The van der Waals surface area contributed by atoms with E-state index in [0.717, 1.165) is 6.42 Å².